The van der Waals surface area contributed by atoms with Crippen molar-refractivity contribution in [3.05, 3.63) is 91.6 Å². The minimum Gasteiger partial charge on any atom is -0.366 e. The van der Waals surface area contributed by atoms with E-state index in [9.17, 15) is 24.0 Å². The molecule has 9 rings (SSSR count). The number of amides is 5. The van der Waals surface area contributed by atoms with Crippen molar-refractivity contribution in [3.63, 3.8) is 0 Å². The Hall–Kier alpha value is -5.03. The first kappa shape index (κ1) is 41.3. The molecule has 320 valence electrons. The molecule has 0 spiro atoms. The van der Waals surface area contributed by atoms with E-state index in [0.29, 0.717) is 37.1 Å². The third-order valence-corrected chi connectivity index (χ3v) is 14.9. The Morgan fingerprint density at radius 1 is 0.934 bits per heavy atom. The Balaban J connectivity index is 0.837. The maximum Gasteiger partial charge on any atom is 0.262 e. The number of aromatic nitrogens is 3. The Kier molecular flexibility index (Phi) is 10.9. The van der Waals surface area contributed by atoms with E-state index in [2.05, 4.69) is 58.0 Å². The van der Waals surface area contributed by atoms with Gasteiger partial charge in [0.1, 0.15) is 22.7 Å². The summed E-state index contributed by atoms with van der Waals surface area (Å²) in [5.41, 5.74) is 3.66. The summed E-state index contributed by atoms with van der Waals surface area (Å²) in [5.74, 6) is -1.20. The number of piperazine rings is 1. The summed E-state index contributed by atoms with van der Waals surface area (Å²) >= 11 is 8.02. The zero-order chi connectivity index (χ0) is 43.0. The largest absolute Gasteiger partial charge is 0.366 e. The average molecular weight is 870 g/mol. The highest BCUT2D eigenvalue weighted by Crippen LogP contribution is 2.44. The first-order chi connectivity index (χ1) is 29.2. The van der Waals surface area contributed by atoms with Crippen LogP contribution in [0.1, 0.15) is 112 Å². The Bertz CT molecular complexity index is 2450. The Labute approximate surface area is 362 Å². The van der Waals surface area contributed by atoms with Crippen LogP contribution in [0.15, 0.2) is 36.4 Å². The van der Waals surface area contributed by atoms with E-state index in [-0.39, 0.29) is 66.2 Å². The normalized spacial score (nSPS) is 24.8. The van der Waals surface area contributed by atoms with Gasteiger partial charge in [-0.3, -0.25) is 49.0 Å². The van der Waals surface area contributed by atoms with Crippen molar-refractivity contribution in [2.75, 3.05) is 37.6 Å². The van der Waals surface area contributed by atoms with E-state index in [0.717, 1.165) is 58.1 Å². The van der Waals surface area contributed by atoms with Gasteiger partial charge in [-0.15, -0.1) is 21.5 Å². The maximum absolute atomic E-state index is 15.8. The highest BCUT2D eigenvalue weighted by Gasteiger charge is 2.46. The molecule has 0 saturated carbocycles. The van der Waals surface area contributed by atoms with Gasteiger partial charge in [-0.25, -0.2) is 4.39 Å². The van der Waals surface area contributed by atoms with Crippen LogP contribution < -0.4 is 15.5 Å². The van der Waals surface area contributed by atoms with Crippen LogP contribution >= 0.6 is 22.9 Å². The van der Waals surface area contributed by atoms with Crippen molar-refractivity contribution < 1.29 is 28.4 Å². The number of thiophene rings is 1. The van der Waals surface area contributed by atoms with E-state index >= 15 is 4.39 Å². The molecular formula is C44H49ClFN9O5S. The van der Waals surface area contributed by atoms with Crippen molar-refractivity contribution >= 4 is 58.2 Å². The zero-order valence-corrected chi connectivity index (χ0v) is 36.4. The molecule has 3 fully saturated rings. The molecule has 3 saturated heterocycles. The molecule has 0 radical (unpaired) electrons. The fourth-order valence-corrected chi connectivity index (χ4v) is 11.4. The van der Waals surface area contributed by atoms with Crippen molar-refractivity contribution in [1.82, 2.24) is 40.1 Å². The number of hydrogen-bond acceptors (Lipinski definition) is 11. The number of anilines is 1. The van der Waals surface area contributed by atoms with Crippen molar-refractivity contribution in [1.29, 1.82) is 0 Å². The second-order valence-electron chi connectivity index (χ2n) is 17.3. The summed E-state index contributed by atoms with van der Waals surface area (Å²) in [6, 6.07) is 8.87. The number of hydrogen-bond donors (Lipinski definition) is 2. The number of piperidine rings is 2. The first-order valence-corrected chi connectivity index (χ1v) is 22.2. The molecule has 7 heterocycles. The van der Waals surface area contributed by atoms with Gasteiger partial charge in [0.2, 0.25) is 17.7 Å². The van der Waals surface area contributed by atoms with Gasteiger partial charge in [0, 0.05) is 73.1 Å². The predicted molar refractivity (Wildman–Crippen MR) is 227 cm³/mol. The van der Waals surface area contributed by atoms with Gasteiger partial charge in [0.05, 0.1) is 28.9 Å². The third-order valence-electron chi connectivity index (χ3n) is 13.4. The van der Waals surface area contributed by atoms with Crippen LogP contribution in [0.5, 0.6) is 0 Å². The van der Waals surface area contributed by atoms with Gasteiger partial charge in [-0.1, -0.05) is 23.7 Å². The first-order valence-electron chi connectivity index (χ1n) is 21.1. The van der Waals surface area contributed by atoms with Gasteiger partial charge in [0.25, 0.3) is 11.8 Å². The number of nitrogens with zero attached hydrogens (tertiary/aromatic N) is 7. The lowest BCUT2D eigenvalue weighted by Gasteiger charge is -2.47. The molecule has 0 aliphatic carbocycles. The number of nitrogens with one attached hydrogen (secondary N) is 2. The van der Waals surface area contributed by atoms with Crippen molar-refractivity contribution in [2.45, 2.75) is 96.9 Å². The molecule has 5 atom stereocenters. The van der Waals surface area contributed by atoms with E-state index in [4.69, 9.17) is 11.6 Å². The van der Waals surface area contributed by atoms with Gasteiger partial charge < -0.3 is 9.80 Å². The number of carbonyl (C=O) groups excluding carboxylic acids is 5. The smallest absolute Gasteiger partial charge is 0.262 e. The second kappa shape index (κ2) is 16.0. The van der Waals surface area contributed by atoms with Crippen LogP contribution in [-0.2, 0) is 14.4 Å². The summed E-state index contributed by atoms with van der Waals surface area (Å²) in [6.07, 6.45) is 2.00. The maximum atomic E-state index is 15.8. The van der Waals surface area contributed by atoms with E-state index in [1.165, 1.54) is 16.5 Å². The fraction of sp³-hybridized carbons (Fsp3) is 0.477. The fourth-order valence-electron chi connectivity index (χ4n) is 10.0. The molecule has 5 aliphatic rings. The Morgan fingerprint density at radius 3 is 2.28 bits per heavy atom. The molecule has 2 aromatic heterocycles. The standard InChI is InChI=1S/C44H49ClFN9O5S/c1-22-19-52(35-17-31-30(16-32(35)46)42(59)55(43(31)60)34-10-11-36(56)48-41(34)58)20-23(2)53(22)21-27-12-14-51(15-13-27)37(57)18-33-40-50-49-26(5)54(40)44-38(24(3)25(4)61-44)39(47-33)28-6-8-29(45)9-7-28/h6-9,16-17,22-23,27,33-34,39,47H,10-15,18-21H2,1-5H3,(H,48,56,58)/t22?,23?,33?,34?,39-/m0/s1. The third kappa shape index (κ3) is 7.34. The molecule has 14 nitrogen and oxygen atoms in total. The summed E-state index contributed by atoms with van der Waals surface area (Å²) in [5, 5.41) is 16.8. The van der Waals surface area contributed by atoms with E-state index in [1.807, 2.05) is 41.0 Å². The molecule has 2 N–H and O–H groups in total. The average Bonchev–Trinajstić information content (AvgIpc) is 3.79. The lowest BCUT2D eigenvalue weighted by Crippen LogP contribution is -2.58. The summed E-state index contributed by atoms with van der Waals surface area (Å²) in [6.45, 7) is 13.6. The van der Waals surface area contributed by atoms with Crippen LogP contribution in [0.4, 0.5) is 10.1 Å². The quantitative estimate of drug-likeness (QED) is 0.231. The molecule has 4 aromatic rings. The molecule has 17 heteroatoms. The lowest BCUT2D eigenvalue weighted by atomic mass is 9.93. The summed E-state index contributed by atoms with van der Waals surface area (Å²) < 4.78 is 17.9. The predicted octanol–water partition coefficient (Wildman–Crippen LogP) is 5.41. The molecule has 5 amide bonds. The topological polar surface area (TPSA) is 153 Å². The van der Waals surface area contributed by atoms with Crippen LogP contribution in [0, 0.1) is 32.5 Å². The van der Waals surface area contributed by atoms with Gasteiger partial charge >= 0.3 is 0 Å². The van der Waals surface area contributed by atoms with E-state index < -0.39 is 35.5 Å². The number of rotatable bonds is 7. The number of halogens is 2. The minimum atomic E-state index is -1.12. The molecular weight excluding hydrogens is 821 g/mol. The van der Waals surface area contributed by atoms with Crippen LogP contribution in [0.2, 0.25) is 5.02 Å². The molecule has 0 bridgehead atoms. The number of imide groups is 2. The van der Waals surface area contributed by atoms with Crippen LogP contribution in [0.25, 0.3) is 5.00 Å². The highest BCUT2D eigenvalue weighted by molar-refractivity contribution is 7.14. The number of fused-ring (bicyclic) bond motifs is 4. The number of likely N-dealkylation sites (tertiary alicyclic amines) is 1. The number of benzene rings is 2. The van der Waals surface area contributed by atoms with Crippen molar-refractivity contribution in [3.8, 4) is 5.00 Å². The lowest BCUT2D eigenvalue weighted by molar-refractivity contribution is -0.136. The van der Waals surface area contributed by atoms with Crippen molar-refractivity contribution in [2.24, 2.45) is 5.92 Å². The minimum absolute atomic E-state index is 0.00767. The highest BCUT2D eigenvalue weighted by atomic mass is 35.5. The molecule has 61 heavy (non-hydrogen) atoms. The molecule has 2 aromatic carbocycles. The summed E-state index contributed by atoms with van der Waals surface area (Å²) in [7, 11) is 0. The van der Waals surface area contributed by atoms with Gasteiger partial charge in [-0.2, -0.15) is 0 Å². The SMILES string of the molecule is Cc1sc2c(c1C)[C@H](c1ccc(Cl)cc1)NC(CC(=O)N1CCC(CN3C(C)CN(c4cc5c(cc4F)C(=O)N(C4CCC(=O)NC4=O)C5=O)CC3C)CC1)c1nnc(C)n1-2. The molecule has 5 aliphatic heterocycles. The van der Waals surface area contributed by atoms with Gasteiger partial charge in [-0.05, 0) is 95.2 Å². The van der Waals surface area contributed by atoms with Gasteiger partial charge in [0.15, 0.2) is 5.82 Å². The van der Waals surface area contributed by atoms with E-state index in [1.54, 1.807) is 11.3 Å². The zero-order valence-electron chi connectivity index (χ0n) is 34.8. The Morgan fingerprint density at radius 2 is 1.61 bits per heavy atom. The number of carbonyl (C=O) groups is 5. The van der Waals surface area contributed by atoms with Crippen LogP contribution in [-0.4, -0.2) is 110 Å². The molecule has 4 unspecified atom stereocenters. The van der Waals surface area contributed by atoms with Crippen LogP contribution in [0.3, 0.4) is 0 Å². The summed E-state index contributed by atoms with van der Waals surface area (Å²) in [4.78, 5) is 73.6. The monoisotopic (exact) mass is 869 g/mol. The second-order valence-corrected chi connectivity index (χ2v) is 18.9. The number of aryl methyl sites for hydroxylation is 2.